The van der Waals surface area contributed by atoms with Crippen molar-refractivity contribution in [1.29, 1.82) is 0 Å². The van der Waals surface area contributed by atoms with E-state index in [1.54, 1.807) is 69.2 Å². The van der Waals surface area contributed by atoms with Crippen molar-refractivity contribution in [2.24, 2.45) is 0 Å². The maximum atomic E-state index is 13.4. The molecule has 0 heterocycles. The van der Waals surface area contributed by atoms with Crippen molar-refractivity contribution >= 4 is 24.0 Å². The van der Waals surface area contributed by atoms with Crippen LogP contribution in [0.15, 0.2) is 30.3 Å². The molecule has 10 nitrogen and oxygen atoms in total. The molecule has 37 heavy (non-hydrogen) atoms. The fraction of sp³-hybridized carbons (Fsp3) is 0.630. The number of ether oxygens (including phenoxy) is 2. The van der Waals surface area contributed by atoms with E-state index >= 15 is 0 Å². The fourth-order valence-corrected chi connectivity index (χ4v) is 3.08. The first-order valence-corrected chi connectivity index (χ1v) is 12.3. The van der Waals surface area contributed by atoms with Crippen LogP contribution in [0, 0.1) is 0 Å². The zero-order chi connectivity index (χ0) is 28.7. The second-order valence-electron chi connectivity index (χ2n) is 12.0. The SMILES string of the molecule is CC(C)(C)OC(=O)NCC(=O)NC(C)(C)C(C)(C)NC(=O)C(Cc1ccccc1)NC(=O)OC(C)(C)C. The summed E-state index contributed by atoms with van der Waals surface area (Å²) >= 11 is 0. The molecular weight excluding hydrogens is 476 g/mol. The van der Waals surface area contributed by atoms with Crippen LogP contribution in [0.2, 0.25) is 0 Å². The lowest BCUT2D eigenvalue weighted by Crippen LogP contribution is -2.68. The van der Waals surface area contributed by atoms with Gasteiger partial charge in [0.1, 0.15) is 23.8 Å². The van der Waals surface area contributed by atoms with Crippen LogP contribution in [0.4, 0.5) is 9.59 Å². The number of hydrogen-bond acceptors (Lipinski definition) is 6. The van der Waals surface area contributed by atoms with Gasteiger partial charge in [0.2, 0.25) is 11.8 Å². The monoisotopic (exact) mass is 520 g/mol. The molecular formula is C27H44N4O6. The topological polar surface area (TPSA) is 135 Å². The van der Waals surface area contributed by atoms with Gasteiger partial charge in [-0.1, -0.05) is 30.3 Å². The minimum Gasteiger partial charge on any atom is -0.444 e. The van der Waals surface area contributed by atoms with Gasteiger partial charge in [0.25, 0.3) is 0 Å². The van der Waals surface area contributed by atoms with Crippen molar-refractivity contribution in [3.05, 3.63) is 35.9 Å². The van der Waals surface area contributed by atoms with Gasteiger partial charge in [0.15, 0.2) is 0 Å². The van der Waals surface area contributed by atoms with E-state index in [1.807, 2.05) is 30.3 Å². The Balaban J connectivity index is 2.92. The van der Waals surface area contributed by atoms with Crippen LogP contribution < -0.4 is 21.3 Å². The van der Waals surface area contributed by atoms with E-state index in [0.717, 1.165) is 5.56 Å². The van der Waals surface area contributed by atoms with Gasteiger partial charge in [-0.05, 0) is 74.8 Å². The standard InChI is InChI=1S/C27H44N4O6/c1-24(2,3)36-22(34)28-17-20(32)30-26(7,8)27(9,10)31-21(33)19(16-18-14-12-11-13-15-18)29-23(35)37-25(4,5)6/h11-15,19H,16-17H2,1-10H3,(H,28,34)(H,29,35)(H,30,32)(H,31,33). The van der Waals surface area contributed by atoms with Crippen molar-refractivity contribution in [3.8, 4) is 0 Å². The summed E-state index contributed by atoms with van der Waals surface area (Å²) in [5, 5.41) is 10.9. The highest BCUT2D eigenvalue weighted by Gasteiger charge is 2.41. The summed E-state index contributed by atoms with van der Waals surface area (Å²) in [5.74, 6) is -0.889. The summed E-state index contributed by atoms with van der Waals surface area (Å²) in [7, 11) is 0. The van der Waals surface area contributed by atoms with Crippen LogP contribution in [0.25, 0.3) is 0 Å². The molecule has 0 fully saturated rings. The van der Waals surface area contributed by atoms with Crippen LogP contribution in [-0.4, -0.2) is 58.9 Å². The van der Waals surface area contributed by atoms with Gasteiger partial charge in [-0.2, -0.15) is 0 Å². The normalized spacial score (nSPS) is 13.1. The predicted molar refractivity (Wildman–Crippen MR) is 142 cm³/mol. The molecule has 0 aliphatic carbocycles. The van der Waals surface area contributed by atoms with Crippen molar-refractivity contribution in [1.82, 2.24) is 21.3 Å². The summed E-state index contributed by atoms with van der Waals surface area (Å²) < 4.78 is 10.5. The molecule has 208 valence electrons. The third-order valence-electron chi connectivity index (χ3n) is 5.53. The molecule has 4 amide bonds. The molecule has 0 aromatic heterocycles. The second-order valence-corrected chi connectivity index (χ2v) is 12.0. The first kappa shape index (κ1) is 31.7. The van der Waals surface area contributed by atoms with Crippen molar-refractivity contribution in [2.75, 3.05) is 6.54 Å². The Morgan fingerprint density at radius 1 is 0.730 bits per heavy atom. The van der Waals surface area contributed by atoms with E-state index in [0.29, 0.717) is 0 Å². The first-order valence-electron chi connectivity index (χ1n) is 12.3. The van der Waals surface area contributed by atoms with Crippen molar-refractivity contribution in [3.63, 3.8) is 0 Å². The first-order chi connectivity index (χ1) is 16.7. The highest BCUT2D eigenvalue weighted by molar-refractivity contribution is 5.87. The van der Waals surface area contributed by atoms with Crippen molar-refractivity contribution < 1.29 is 28.7 Å². The minimum absolute atomic E-state index is 0.245. The Morgan fingerprint density at radius 3 is 1.73 bits per heavy atom. The number of benzene rings is 1. The molecule has 0 aliphatic rings. The van der Waals surface area contributed by atoms with Crippen LogP contribution >= 0.6 is 0 Å². The van der Waals surface area contributed by atoms with E-state index in [2.05, 4.69) is 21.3 Å². The Morgan fingerprint density at radius 2 is 1.22 bits per heavy atom. The molecule has 0 bridgehead atoms. The number of hydrogen-bond donors (Lipinski definition) is 4. The molecule has 1 atom stereocenters. The summed E-state index contributed by atoms with van der Waals surface area (Å²) in [4.78, 5) is 50.3. The lowest BCUT2D eigenvalue weighted by Gasteiger charge is -2.43. The molecule has 10 heteroatoms. The second kappa shape index (κ2) is 12.3. The van der Waals surface area contributed by atoms with Gasteiger partial charge in [-0.3, -0.25) is 9.59 Å². The molecule has 0 spiro atoms. The van der Waals surface area contributed by atoms with Gasteiger partial charge in [-0.25, -0.2) is 9.59 Å². The average molecular weight is 521 g/mol. The predicted octanol–water partition coefficient (Wildman–Crippen LogP) is 3.44. The third-order valence-corrected chi connectivity index (χ3v) is 5.53. The fourth-order valence-electron chi connectivity index (χ4n) is 3.08. The summed E-state index contributed by atoms with van der Waals surface area (Å²) in [6.07, 6.45) is -1.17. The van der Waals surface area contributed by atoms with E-state index in [1.165, 1.54) is 0 Å². The van der Waals surface area contributed by atoms with Crippen molar-refractivity contribution in [2.45, 2.75) is 104 Å². The average Bonchev–Trinajstić information content (AvgIpc) is 2.69. The molecule has 0 saturated heterocycles. The van der Waals surface area contributed by atoms with E-state index in [9.17, 15) is 19.2 Å². The largest absolute Gasteiger partial charge is 0.444 e. The molecule has 0 radical (unpaired) electrons. The Kier molecular flexibility index (Phi) is 10.5. The van der Waals surface area contributed by atoms with Gasteiger partial charge < -0.3 is 30.7 Å². The number of amides is 4. The van der Waals surface area contributed by atoms with Crippen LogP contribution in [0.3, 0.4) is 0 Å². The van der Waals surface area contributed by atoms with E-state index in [-0.39, 0.29) is 13.0 Å². The number of carbonyl (C=O) groups excluding carboxylic acids is 4. The molecule has 1 aromatic carbocycles. The number of carbonyl (C=O) groups is 4. The van der Waals surface area contributed by atoms with Gasteiger partial charge in [0, 0.05) is 6.42 Å². The van der Waals surface area contributed by atoms with E-state index < -0.39 is 52.3 Å². The summed E-state index contributed by atoms with van der Waals surface area (Å²) in [5.41, 5.74) is -2.43. The Hall–Kier alpha value is -3.30. The quantitative estimate of drug-likeness (QED) is 0.394. The molecule has 1 aromatic rings. The lowest BCUT2D eigenvalue weighted by molar-refractivity contribution is -0.128. The van der Waals surface area contributed by atoms with E-state index in [4.69, 9.17) is 9.47 Å². The molecule has 0 aliphatic heterocycles. The maximum Gasteiger partial charge on any atom is 0.408 e. The number of alkyl carbamates (subject to hydrolysis) is 2. The summed E-state index contributed by atoms with van der Waals surface area (Å²) in [6.45, 7) is 17.1. The summed E-state index contributed by atoms with van der Waals surface area (Å²) in [6, 6.07) is 8.38. The zero-order valence-corrected chi connectivity index (χ0v) is 23.8. The molecule has 4 N–H and O–H groups in total. The Bertz CT molecular complexity index is 946. The highest BCUT2D eigenvalue weighted by Crippen LogP contribution is 2.22. The molecule has 1 unspecified atom stereocenters. The lowest BCUT2D eigenvalue weighted by atomic mass is 9.82. The van der Waals surface area contributed by atoms with Gasteiger partial charge >= 0.3 is 12.2 Å². The molecule has 1 rings (SSSR count). The van der Waals surface area contributed by atoms with Gasteiger partial charge in [-0.15, -0.1) is 0 Å². The van der Waals surface area contributed by atoms with Crippen LogP contribution in [0.1, 0.15) is 74.8 Å². The third kappa shape index (κ3) is 12.0. The van der Waals surface area contributed by atoms with Crippen LogP contribution in [0.5, 0.6) is 0 Å². The smallest absolute Gasteiger partial charge is 0.408 e. The zero-order valence-electron chi connectivity index (χ0n) is 23.8. The molecule has 0 saturated carbocycles. The highest BCUT2D eigenvalue weighted by atomic mass is 16.6. The maximum absolute atomic E-state index is 13.4. The van der Waals surface area contributed by atoms with Gasteiger partial charge in [0.05, 0.1) is 11.1 Å². The van der Waals surface area contributed by atoms with Crippen LogP contribution in [-0.2, 0) is 25.5 Å². The Labute approximate surface area is 220 Å². The number of nitrogens with one attached hydrogen (secondary N) is 4. The number of rotatable bonds is 9. The minimum atomic E-state index is -0.948.